The van der Waals surface area contributed by atoms with Crippen molar-refractivity contribution in [3.63, 3.8) is 0 Å². The van der Waals surface area contributed by atoms with Crippen LogP contribution in [-0.4, -0.2) is 16.1 Å². The quantitative estimate of drug-likeness (QED) is 0.797. The van der Waals surface area contributed by atoms with Crippen LogP contribution in [0.3, 0.4) is 0 Å². The zero-order valence-corrected chi connectivity index (χ0v) is 8.39. The Morgan fingerprint density at radius 3 is 2.93 bits per heavy atom. The van der Waals surface area contributed by atoms with Crippen molar-refractivity contribution in [1.82, 2.24) is 4.98 Å². The number of aromatic nitrogens is 1. The van der Waals surface area contributed by atoms with Crippen LogP contribution in [0.5, 0.6) is 0 Å². The standard InChI is InChI=1S/C12H13NO2/c14-11(15)10-4-8-5-12(10,6-8)9-2-1-3-13-7-9/h1-3,7-8,10H,4-6H2,(H,14,15). The van der Waals surface area contributed by atoms with Crippen LogP contribution in [-0.2, 0) is 10.2 Å². The number of hydrogen-bond acceptors (Lipinski definition) is 2. The second-order valence-corrected chi connectivity index (χ2v) is 4.80. The van der Waals surface area contributed by atoms with Crippen LogP contribution >= 0.6 is 0 Å². The molecule has 1 N–H and O–H groups in total. The van der Waals surface area contributed by atoms with Crippen molar-refractivity contribution in [1.29, 1.82) is 0 Å². The van der Waals surface area contributed by atoms with Crippen LogP contribution in [0.4, 0.5) is 0 Å². The van der Waals surface area contributed by atoms with Gasteiger partial charge in [0.2, 0.25) is 0 Å². The molecule has 0 aliphatic heterocycles. The largest absolute Gasteiger partial charge is 0.481 e. The van der Waals surface area contributed by atoms with Gasteiger partial charge < -0.3 is 5.11 Å². The first-order valence-electron chi connectivity index (χ1n) is 5.36. The summed E-state index contributed by atoms with van der Waals surface area (Å²) in [4.78, 5) is 15.3. The second-order valence-electron chi connectivity index (χ2n) is 4.80. The second kappa shape index (κ2) is 2.81. The van der Waals surface area contributed by atoms with Gasteiger partial charge in [0.1, 0.15) is 0 Å². The van der Waals surface area contributed by atoms with Crippen molar-refractivity contribution in [3.05, 3.63) is 30.1 Å². The van der Waals surface area contributed by atoms with Crippen LogP contribution in [0.1, 0.15) is 24.8 Å². The van der Waals surface area contributed by atoms with Gasteiger partial charge >= 0.3 is 5.97 Å². The molecular weight excluding hydrogens is 190 g/mol. The highest BCUT2D eigenvalue weighted by Gasteiger charge is 2.60. The Hall–Kier alpha value is -1.38. The maximum Gasteiger partial charge on any atom is 0.307 e. The Labute approximate surface area is 88.1 Å². The van der Waals surface area contributed by atoms with Gasteiger partial charge in [-0.15, -0.1) is 0 Å². The van der Waals surface area contributed by atoms with Crippen LogP contribution in [0.25, 0.3) is 0 Å². The molecule has 1 aromatic heterocycles. The lowest BCUT2D eigenvalue weighted by molar-refractivity contribution is -0.143. The van der Waals surface area contributed by atoms with Gasteiger partial charge in [-0.1, -0.05) is 6.07 Å². The molecule has 3 heteroatoms. The van der Waals surface area contributed by atoms with E-state index >= 15 is 0 Å². The highest BCUT2D eigenvalue weighted by atomic mass is 16.4. The molecule has 1 atom stereocenters. The van der Waals surface area contributed by atoms with E-state index in [9.17, 15) is 9.90 Å². The molecule has 3 nitrogen and oxygen atoms in total. The molecule has 0 spiro atoms. The normalized spacial score (nSPS) is 37.3. The maximum atomic E-state index is 11.2. The summed E-state index contributed by atoms with van der Waals surface area (Å²) in [6.45, 7) is 0. The molecule has 78 valence electrons. The SMILES string of the molecule is O=C(O)C1CC2CC1(c1cccnc1)C2. The van der Waals surface area contributed by atoms with Gasteiger partial charge in [-0.25, -0.2) is 0 Å². The van der Waals surface area contributed by atoms with Crippen molar-refractivity contribution in [3.8, 4) is 0 Å². The summed E-state index contributed by atoms with van der Waals surface area (Å²) in [5, 5.41) is 9.22. The Kier molecular flexibility index (Phi) is 1.67. The molecule has 0 aromatic carbocycles. The molecule has 3 saturated carbocycles. The lowest BCUT2D eigenvalue weighted by atomic mass is 9.63. The summed E-state index contributed by atoms with van der Waals surface area (Å²) in [6, 6.07) is 3.92. The average molecular weight is 203 g/mol. The molecule has 1 unspecified atom stereocenters. The van der Waals surface area contributed by atoms with Crippen LogP contribution in [0.2, 0.25) is 0 Å². The number of carboxylic acids is 1. The summed E-state index contributed by atoms with van der Waals surface area (Å²) < 4.78 is 0. The number of carboxylic acid groups (broad SMARTS) is 1. The molecule has 1 aromatic rings. The van der Waals surface area contributed by atoms with E-state index in [0.29, 0.717) is 5.92 Å². The molecule has 0 amide bonds. The lowest BCUT2D eigenvalue weighted by Gasteiger charge is -2.40. The van der Waals surface area contributed by atoms with Gasteiger partial charge in [-0.2, -0.15) is 0 Å². The minimum absolute atomic E-state index is 0.0925. The first-order valence-corrected chi connectivity index (χ1v) is 5.36. The molecule has 0 radical (unpaired) electrons. The number of fused-ring (bicyclic) bond motifs is 1. The molecule has 2 bridgehead atoms. The molecule has 15 heavy (non-hydrogen) atoms. The smallest absolute Gasteiger partial charge is 0.307 e. The topological polar surface area (TPSA) is 50.2 Å². The number of rotatable bonds is 2. The number of nitrogens with zero attached hydrogens (tertiary/aromatic N) is 1. The number of pyridine rings is 1. The molecule has 3 aliphatic carbocycles. The van der Waals surface area contributed by atoms with Crippen molar-refractivity contribution in [2.24, 2.45) is 11.8 Å². The van der Waals surface area contributed by atoms with E-state index in [2.05, 4.69) is 4.98 Å². The van der Waals surface area contributed by atoms with Gasteiger partial charge in [-0.05, 0) is 36.8 Å². The van der Waals surface area contributed by atoms with Crippen LogP contribution in [0, 0.1) is 11.8 Å². The summed E-state index contributed by atoms with van der Waals surface area (Å²) in [5.41, 5.74) is 1.02. The fraction of sp³-hybridized carbons (Fsp3) is 0.500. The minimum atomic E-state index is -0.640. The van der Waals surface area contributed by atoms with Crippen LogP contribution in [0.15, 0.2) is 24.5 Å². The molecule has 4 rings (SSSR count). The third-order valence-corrected chi connectivity index (χ3v) is 4.08. The van der Waals surface area contributed by atoms with E-state index < -0.39 is 5.97 Å². The van der Waals surface area contributed by atoms with E-state index in [4.69, 9.17) is 0 Å². The molecule has 1 heterocycles. The van der Waals surface area contributed by atoms with Gasteiger partial charge in [-0.3, -0.25) is 9.78 Å². The van der Waals surface area contributed by atoms with Crippen molar-refractivity contribution in [2.45, 2.75) is 24.7 Å². The summed E-state index contributed by atoms with van der Waals surface area (Å²) >= 11 is 0. The third-order valence-electron chi connectivity index (χ3n) is 4.08. The minimum Gasteiger partial charge on any atom is -0.481 e. The lowest BCUT2D eigenvalue weighted by Crippen LogP contribution is -2.39. The first-order chi connectivity index (χ1) is 7.22. The summed E-state index contributed by atoms with van der Waals surface area (Å²) in [7, 11) is 0. The Morgan fingerprint density at radius 2 is 2.33 bits per heavy atom. The number of hydrogen-bond donors (Lipinski definition) is 1. The fourth-order valence-electron chi connectivity index (χ4n) is 3.41. The van der Waals surface area contributed by atoms with Gasteiger partial charge in [0.25, 0.3) is 0 Å². The van der Waals surface area contributed by atoms with Gasteiger partial charge in [0.15, 0.2) is 0 Å². The molecule has 0 saturated heterocycles. The fourth-order valence-corrected chi connectivity index (χ4v) is 3.41. The Balaban J connectivity index is 2.01. The monoisotopic (exact) mass is 203 g/mol. The average Bonchev–Trinajstić information content (AvgIpc) is 2.73. The van der Waals surface area contributed by atoms with Crippen LogP contribution < -0.4 is 0 Å². The summed E-state index contributed by atoms with van der Waals surface area (Å²) in [5.74, 6) is -0.197. The predicted octanol–water partition coefficient (Wildman–Crippen LogP) is 1.83. The number of aliphatic carboxylic acids is 1. The zero-order valence-electron chi connectivity index (χ0n) is 8.39. The summed E-state index contributed by atoms with van der Waals surface area (Å²) in [6.07, 6.45) is 6.49. The highest BCUT2D eigenvalue weighted by molar-refractivity contribution is 5.74. The van der Waals surface area contributed by atoms with Crippen molar-refractivity contribution < 1.29 is 9.90 Å². The van der Waals surface area contributed by atoms with Gasteiger partial charge in [0, 0.05) is 17.8 Å². The van der Waals surface area contributed by atoms with E-state index in [1.165, 1.54) is 0 Å². The predicted molar refractivity (Wildman–Crippen MR) is 54.4 cm³/mol. The molecule has 3 fully saturated rings. The number of carbonyl (C=O) groups is 1. The highest BCUT2D eigenvalue weighted by Crippen LogP contribution is 2.62. The Morgan fingerprint density at radius 1 is 1.53 bits per heavy atom. The van der Waals surface area contributed by atoms with Gasteiger partial charge in [0.05, 0.1) is 5.92 Å². The van der Waals surface area contributed by atoms with E-state index in [1.54, 1.807) is 6.20 Å². The Bertz CT molecular complexity index is 395. The first kappa shape index (κ1) is 8.89. The molecular formula is C12H13NO2. The molecule has 3 aliphatic rings. The van der Waals surface area contributed by atoms with E-state index in [1.807, 2.05) is 18.3 Å². The van der Waals surface area contributed by atoms with Crippen molar-refractivity contribution >= 4 is 5.97 Å². The van der Waals surface area contributed by atoms with Crippen molar-refractivity contribution in [2.75, 3.05) is 0 Å². The van der Waals surface area contributed by atoms with E-state index in [-0.39, 0.29) is 11.3 Å². The van der Waals surface area contributed by atoms with E-state index in [0.717, 1.165) is 24.8 Å². The zero-order chi connectivity index (χ0) is 10.5. The maximum absolute atomic E-state index is 11.2. The third kappa shape index (κ3) is 1.06.